The molecule has 2 fully saturated rings. The van der Waals surface area contributed by atoms with Crippen molar-refractivity contribution in [3.63, 3.8) is 0 Å². The van der Waals surface area contributed by atoms with Crippen molar-refractivity contribution in [3.05, 3.63) is 11.6 Å². The number of rotatable bonds is 10. The summed E-state index contributed by atoms with van der Waals surface area (Å²) in [6, 6.07) is -0.465. The molecule has 0 aromatic heterocycles. The molecule has 0 aromatic rings. The zero-order chi connectivity index (χ0) is 25.6. The molecule has 2 aliphatic rings. The first kappa shape index (κ1) is 28.3. The van der Waals surface area contributed by atoms with Gasteiger partial charge in [0.1, 0.15) is 6.04 Å². The van der Waals surface area contributed by atoms with E-state index < -0.39 is 6.04 Å². The zero-order valence-corrected chi connectivity index (χ0v) is 22.7. The summed E-state index contributed by atoms with van der Waals surface area (Å²) in [5.41, 5.74) is 0.630. The minimum absolute atomic E-state index is 0.0465. The molecule has 7 nitrogen and oxygen atoms in total. The van der Waals surface area contributed by atoms with Gasteiger partial charge in [0.2, 0.25) is 17.7 Å². The molecule has 194 valence electrons. The quantitative estimate of drug-likeness (QED) is 0.473. The van der Waals surface area contributed by atoms with Crippen LogP contribution in [0.25, 0.3) is 0 Å². The van der Waals surface area contributed by atoms with Crippen molar-refractivity contribution < 1.29 is 14.4 Å². The lowest BCUT2D eigenvalue weighted by atomic mass is 9.92. The molecule has 3 amide bonds. The number of likely N-dealkylation sites (N-methyl/N-ethyl adjacent to an activating group) is 1. The lowest BCUT2D eigenvalue weighted by Crippen LogP contribution is -2.58. The van der Waals surface area contributed by atoms with Crippen LogP contribution in [0.3, 0.4) is 0 Å². The van der Waals surface area contributed by atoms with E-state index in [-0.39, 0.29) is 53.7 Å². The van der Waals surface area contributed by atoms with Crippen molar-refractivity contribution in [2.75, 3.05) is 13.6 Å². The lowest BCUT2D eigenvalue weighted by molar-refractivity contribution is -0.140. The van der Waals surface area contributed by atoms with E-state index in [0.717, 1.165) is 45.1 Å². The average molecular weight is 477 g/mol. The van der Waals surface area contributed by atoms with Crippen LogP contribution >= 0.6 is 0 Å². The van der Waals surface area contributed by atoms with Crippen LogP contribution in [0.15, 0.2) is 11.6 Å². The molecule has 0 spiro atoms. The molecule has 0 radical (unpaired) electrons. The molecule has 2 N–H and O–H groups in total. The molecule has 1 saturated heterocycles. The standard InChI is InChI=1S/C27H48N4O3/c1-17(2)23(16-20(7)25(32)28-21-12-11-13-21)30(8)27(34)24(18(3)4)29-26(33)22-14-9-10-15-31(22)19(5)6/h16-19,21-24H,9-15H2,1-8H3,(H,28,32)(H,29,33)/b20-16+/t22-,23-,24?/m1/s1. The van der Waals surface area contributed by atoms with Crippen LogP contribution in [0.2, 0.25) is 0 Å². The molecule has 7 heteroatoms. The van der Waals surface area contributed by atoms with Crippen molar-refractivity contribution in [3.8, 4) is 0 Å². The fourth-order valence-electron chi connectivity index (χ4n) is 4.92. The Morgan fingerprint density at radius 2 is 1.59 bits per heavy atom. The molecule has 34 heavy (non-hydrogen) atoms. The first-order valence-electron chi connectivity index (χ1n) is 13.3. The van der Waals surface area contributed by atoms with Crippen molar-refractivity contribution in [1.29, 1.82) is 0 Å². The van der Waals surface area contributed by atoms with Crippen molar-refractivity contribution in [1.82, 2.24) is 20.4 Å². The SMILES string of the molecule is C/C(=C\[C@H](C(C)C)N(C)C(=O)C(NC(=O)[C@H]1CCCCN1C(C)C)C(C)C)C(=O)NC1CCC1. The van der Waals surface area contributed by atoms with Gasteiger partial charge >= 0.3 is 0 Å². The Balaban J connectivity index is 2.14. The Kier molecular flexibility index (Phi) is 10.6. The van der Waals surface area contributed by atoms with Crippen LogP contribution in [0.1, 0.15) is 87.0 Å². The number of carbonyl (C=O) groups is 3. The Morgan fingerprint density at radius 3 is 2.09 bits per heavy atom. The fraction of sp³-hybridized carbons (Fsp3) is 0.815. The highest BCUT2D eigenvalue weighted by molar-refractivity contribution is 5.93. The van der Waals surface area contributed by atoms with E-state index in [1.165, 1.54) is 0 Å². The molecule has 1 saturated carbocycles. The predicted molar refractivity (Wildman–Crippen MR) is 137 cm³/mol. The van der Waals surface area contributed by atoms with Gasteiger partial charge < -0.3 is 15.5 Å². The van der Waals surface area contributed by atoms with E-state index in [9.17, 15) is 14.4 Å². The van der Waals surface area contributed by atoms with Gasteiger partial charge in [-0.25, -0.2) is 0 Å². The van der Waals surface area contributed by atoms with Gasteiger partial charge in [-0.3, -0.25) is 19.3 Å². The third-order valence-electron chi connectivity index (χ3n) is 7.44. The third-order valence-corrected chi connectivity index (χ3v) is 7.44. The van der Waals surface area contributed by atoms with Gasteiger partial charge in [0.15, 0.2) is 0 Å². The maximum absolute atomic E-state index is 13.6. The minimum atomic E-state index is -0.604. The van der Waals surface area contributed by atoms with Crippen LogP contribution in [0, 0.1) is 11.8 Å². The molecular weight excluding hydrogens is 428 g/mol. The normalized spacial score (nSPS) is 21.9. The number of likely N-dealkylation sites (tertiary alicyclic amines) is 1. The molecule has 1 heterocycles. The minimum Gasteiger partial charge on any atom is -0.350 e. The second-order valence-electron chi connectivity index (χ2n) is 11.2. The molecule has 2 rings (SSSR count). The van der Waals surface area contributed by atoms with Gasteiger partial charge in [-0.2, -0.15) is 0 Å². The molecule has 0 bridgehead atoms. The van der Waals surface area contributed by atoms with Gasteiger partial charge in [-0.1, -0.05) is 40.2 Å². The van der Waals surface area contributed by atoms with Crippen LogP contribution in [-0.2, 0) is 14.4 Å². The summed E-state index contributed by atoms with van der Waals surface area (Å²) in [7, 11) is 1.78. The highest BCUT2D eigenvalue weighted by Gasteiger charge is 2.36. The lowest BCUT2D eigenvalue weighted by Gasteiger charge is -2.39. The maximum Gasteiger partial charge on any atom is 0.246 e. The number of piperidine rings is 1. The summed E-state index contributed by atoms with van der Waals surface area (Å²) in [4.78, 5) is 43.4. The first-order valence-corrected chi connectivity index (χ1v) is 13.3. The Hall–Kier alpha value is -1.89. The van der Waals surface area contributed by atoms with Crippen LogP contribution < -0.4 is 10.6 Å². The zero-order valence-electron chi connectivity index (χ0n) is 22.7. The van der Waals surface area contributed by atoms with E-state index in [1.807, 2.05) is 40.7 Å². The molecule has 1 unspecified atom stereocenters. The smallest absolute Gasteiger partial charge is 0.246 e. The van der Waals surface area contributed by atoms with Gasteiger partial charge in [-0.15, -0.1) is 0 Å². The summed E-state index contributed by atoms with van der Waals surface area (Å²) in [6.07, 6.45) is 8.10. The number of hydrogen-bond donors (Lipinski definition) is 2. The molecule has 1 aliphatic carbocycles. The second kappa shape index (κ2) is 12.7. The van der Waals surface area contributed by atoms with Crippen LogP contribution in [-0.4, -0.2) is 71.3 Å². The Morgan fingerprint density at radius 1 is 0.941 bits per heavy atom. The molecule has 0 aromatic carbocycles. The van der Waals surface area contributed by atoms with E-state index in [0.29, 0.717) is 5.57 Å². The predicted octanol–water partition coefficient (Wildman–Crippen LogP) is 3.49. The summed E-state index contributed by atoms with van der Waals surface area (Å²) >= 11 is 0. The largest absolute Gasteiger partial charge is 0.350 e. The van der Waals surface area contributed by atoms with Crippen molar-refractivity contribution >= 4 is 17.7 Å². The topological polar surface area (TPSA) is 81.8 Å². The fourth-order valence-corrected chi connectivity index (χ4v) is 4.92. The number of carbonyl (C=O) groups excluding carboxylic acids is 3. The molecule has 3 atom stereocenters. The summed E-state index contributed by atoms with van der Waals surface area (Å²) < 4.78 is 0. The number of hydrogen-bond acceptors (Lipinski definition) is 4. The first-order chi connectivity index (χ1) is 15.9. The van der Waals surface area contributed by atoms with Gasteiger partial charge in [-0.05, 0) is 71.3 Å². The van der Waals surface area contributed by atoms with Gasteiger partial charge in [0, 0.05) is 24.7 Å². The van der Waals surface area contributed by atoms with E-state index in [4.69, 9.17) is 0 Å². The van der Waals surface area contributed by atoms with E-state index >= 15 is 0 Å². The maximum atomic E-state index is 13.6. The summed E-state index contributed by atoms with van der Waals surface area (Å²) in [6.45, 7) is 15.0. The van der Waals surface area contributed by atoms with E-state index in [2.05, 4.69) is 29.4 Å². The van der Waals surface area contributed by atoms with Crippen LogP contribution in [0.4, 0.5) is 0 Å². The van der Waals surface area contributed by atoms with E-state index in [1.54, 1.807) is 11.9 Å². The molecule has 1 aliphatic heterocycles. The van der Waals surface area contributed by atoms with Crippen molar-refractivity contribution in [2.24, 2.45) is 11.8 Å². The Bertz CT molecular complexity index is 742. The van der Waals surface area contributed by atoms with Gasteiger partial charge in [0.05, 0.1) is 12.1 Å². The number of nitrogens with zero attached hydrogens (tertiary/aromatic N) is 2. The number of nitrogens with one attached hydrogen (secondary N) is 2. The number of amides is 3. The third kappa shape index (κ3) is 7.30. The molecular formula is C27H48N4O3. The second-order valence-corrected chi connectivity index (χ2v) is 11.2. The van der Waals surface area contributed by atoms with Crippen molar-refractivity contribution in [2.45, 2.75) is 117 Å². The highest BCUT2D eigenvalue weighted by Crippen LogP contribution is 2.22. The van der Waals surface area contributed by atoms with Gasteiger partial charge in [0.25, 0.3) is 0 Å². The monoisotopic (exact) mass is 476 g/mol. The van der Waals surface area contributed by atoms with Crippen LogP contribution in [0.5, 0.6) is 0 Å². The highest BCUT2D eigenvalue weighted by atomic mass is 16.2. The average Bonchev–Trinajstić information content (AvgIpc) is 2.76. The Labute approximate surface area is 207 Å². The summed E-state index contributed by atoms with van der Waals surface area (Å²) in [5, 5.41) is 6.16. The summed E-state index contributed by atoms with van der Waals surface area (Å²) in [5.74, 6) is -0.150.